The van der Waals surface area contributed by atoms with E-state index in [1.807, 2.05) is 0 Å². The molecule has 1 aromatic heterocycles. The molecule has 0 unspecified atom stereocenters. The Bertz CT molecular complexity index is 890. The van der Waals surface area contributed by atoms with Gasteiger partial charge in [-0.1, -0.05) is 6.92 Å². The predicted molar refractivity (Wildman–Crippen MR) is 83.0 cm³/mol. The molecule has 0 aliphatic carbocycles. The second kappa shape index (κ2) is 6.77. The topological polar surface area (TPSA) is 77.4 Å². The molecule has 6 nitrogen and oxygen atoms in total. The van der Waals surface area contributed by atoms with Gasteiger partial charge in [-0.2, -0.15) is 0 Å². The van der Waals surface area contributed by atoms with Crippen LogP contribution in [0, 0.1) is 11.6 Å². The Balaban J connectivity index is 2.91. The van der Waals surface area contributed by atoms with E-state index in [1.165, 1.54) is 17.7 Å². The Kier molecular flexibility index (Phi) is 4.96. The highest BCUT2D eigenvalue weighted by Gasteiger charge is 2.21. The fourth-order valence-corrected chi connectivity index (χ4v) is 2.40. The molecule has 0 bridgehead atoms. The lowest BCUT2D eigenvalue weighted by atomic mass is 10.1. The summed E-state index contributed by atoms with van der Waals surface area (Å²) < 4.78 is 34.1. The van der Waals surface area contributed by atoms with Crippen LogP contribution in [0.3, 0.4) is 0 Å². The number of aryl methyl sites for hydroxylation is 1. The average molecular weight is 338 g/mol. The van der Waals surface area contributed by atoms with E-state index in [0.29, 0.717) is 12.1 Å². The van der Waals surface area contributed by atoms with Crippen LogP contribution in [0.5, 0.6) is 0 Å². The molecular weight excluding hydrogens is 322 g/mol. The van der Waals surface area contributed by atoms with Crippen molar-refractivity contribution in [3.8, 4) is 0 Å². The van der Waals surface area contributed by atoms with Gasteiger partial charge >= 0.3 is 5.97 Å². The van der Waals surface area contributed by atoms with Gasteiger partial charge in [-0.3, -0.25) is 24.5 Å². The number of benzene rings is 1. The maximum atomic E-state index is 14.3. The summed E-state index contributed by atoms with van der Waals surface area (Å²) in [6, 6.07) is 2.01. The molecule has 0 aliphatic rings. The molecule has 1 amide bonds. The molecule has 128 valence electrons. The molecule has 8 heteroatoms. The number of halogens is 2. The van der Waals surface area contributed by atoms with Gasteiger partial charge < -0.3 is 4.74 Å². The van der Waals surface area contributed by atoms with E-state index in [0.717, 1.165) is 13.0 Å². The number of esters is 1. The lowest BCUT2D eigenvalue weighted by Gasteiger charge is -2.19. The number of hydrogen-bond acceptors (Lipinski definition) is 4. The van der Waals surface area contributed by atoms with Gasteiger partial charge in [-0.05, 0) is 12.5 Å². The van der Waals surface area contributed by atoms with Gasteiger partial charge in [-0.25, -0.2) is 8.78 Å². The fourth-order valence-electron chi connectivity index (χ4n) is 2.40. The highest BCUT2D eigenvalue weighted by atomic mass is 19.2. The van der Waals surface area contributed by atoms with Crippen LogP contribution in [0.1, 0.15) is 32.0 Å². The monoisotopic (exact) mass is 338 g/mol. The summed E-state index contributed by atoms with van der Waals surface area (Å²) in [5, 5.41) is -0.123. The first kappa shape index (κ1) is 17.6. The number of nitrogens with zero attached hydrogens (tertiary/aromatic N) is 1. The van der Waals surface area contributed by atoms with Gasteiger partial charge in [0.25, 0.3) is 0 Å². The van der Waals surface area contributed by atoms with Crippen LogP contribution in [0.25, 0.3) is 10.9 Å². The highest BCUT2D eigenvalue weighted by Crippen LogP contribution is 2.24. The summed E-state index contributed by atoms with van der Waals surface area (Å²) in [6.07, 6.45) is 0.359. The van der Waals surface area contributed by atoms with E-state index in [1.54, 1.807) is 6.92 Å². The summed E-state index contributed by atoms with van der Waals surface area (Å²) >= 11 is 0. The number of ether oxygens (including phenoxy) is 1. The molecule has 2 rings (SSSR count). The number of amides is 1. The van der Waals surface area contributed by atoms with Crippen molar-refractivity contribution in [2.75, 3.05) is 5.43 Å². The molecular formula is C16H16F2N2O4. The van der Waals surface area contributed by atoms with E-state index in [4.69, 9.17) is 4.74 Å². The van der Waals surface area contributed by atoms with Crippen LogP contribution in [0.2, 0.25) is 0 Å². The van der Waals surface area contributed by atoms with E-state index in [-0.39, 0.29) is 16.5 Å². The maximum Gasteiger partial charge on any atom is 0.302 e. The standard InChI is InChI=1S/C16H16F2N2O4/c1-4-10-5-14(23)11-6-13(17)15(18)12(7-24-9(3)22)16(11)20(10)19-8(2)21/h5-6H,4,7H2,1-3H3,(H,19,21). The molecule has 0 radical (unpaired) electrons. The molecule has 24 heavy (non-hydrogen) atoms. The van der Waals surface area contributed by atoms with Crippen molar-refractivity contribution in [1.82, 2.24) is 4.68 Å². The average Bonchev–Trinajstić information content (AvgIpc) is 2.50. The highest BCUT2D eigenvalue weighted by molar-refractivity contribution is 5.88. The first-order chi connectivity index (χ1) is 11.3. The van der Waals surface area contributed by atoms with Gasteiger partial charge in [0.05, 0.1) is 16.5 Å². The quantitative estimate of drug-likeness (QED) is 0.865. The minimum atomic E-state index is -1.24. The SMILES string of the molecule is CCc1cc(=O)c2cc(F)c(F)c(COC(C)=O)c2n1NC(C)=O. The van der Waals surface area contributed by atoms with Crippen LogP contribution >= 0.6 is 0 Å². The largest absolute Gasteiger partial charge is 0.461 e. The normalized spacial score (nSPS) is 10.7. The minimum absolute atomic E-state index is 0.0327. The summed E-state index contributed by atoms with van der Waals surface area (Å²) in [5.41, 5.74) is 2.01. The molecule has 0 spiro atoms. The number of rotatable bonds is 4. The number of nitrogens with one attached hydrogen (secondary N) is 1. The number of hydrogen-bond donors (Lipinski definition) is 1. The molecule has 0 saturated heterocycles. The van der Waals surface area contributed by atoms with Crippen molar-refractivity contribution in [3.05, 3.63) is 45.2 Å². The fraction of sp³-hybridized carbons (Fsp3) is 0.312. The Morgan fingerprint density at radius 3 is 2.46 bits per heavy atom. The maximum absolute atomic E-state index is 14.3. The number of aromatic nitrogens is 1. The molecule has 0 saturated carbocycles. The second-order valence-corrected chi connectivity index (χ2v) is 5.18. The Morgan fingerprint density at radius 1 is 1.25 bits per heavy atom. The van der Waals surface area contributed by atoms with Crippen molar-refractivity contribution in [3.63, 3.8) is 0 Å². The van der Waals surface area contributed by atoms with Gasteiger partial charge in [0.15, 0.2) is 17.1 Å². The predicted octanol–water partition coefficient (Wildman–Crippen LogP) is 2.00. The van der Waals surface area contributed by atoms with Crippen molar-refractivity contribution < 1.29 is 23.1 Å². The number of pyridine rings is 1. The van der Waals surface area contributed by atoms with E-state index in [2.05, 4.69) is 5.43 Å². The first-order valence-electron chi connectivity index (χ1n) is 7.22. The molecule has 0 aliphatic heterocycles. The Hall–Kier alpha value is -2.77. The zero-order chi connectivity index (χ0) is 18.0. The van der Waals surface area contributed by atoms with Crippen LogP contribution in [-0.4, -0.2) is 16.6 Å². The van der Waals surface area contributed by atoms with Crippen molar-refractivity contribution in [2.24, 2.45) is 0 Å². The molecule has 0 atom stereocenters. The molecule has 0 fully saturated rings. The molecule has 2 aromatic rings. The summed E-state index contributed by atoms with van der Waals surface area (Å²) in [5.74, 6) is -3.62. The zero-order valence-corrected chi connectivity index (χ0v) is 13.4. The number of carbonyl (C=O) groups excluding carboxylic acids is 2. The van der Waals surface area contributed by atoms with E-state index < -0.39 is 35.5 Å². The molecule has 1 N–H and O–H groups in total. The smallest absolute Gasteiger partial charge is 0.302 e. The van der Waals surface area contributed by atoms with Crippen molar-refractivity contribution in [1.29, 1.82) is 0 Å². The summed E-state index contributed by atoms with van der Waals surface area (Å²) in [7, 11) is 0. The minimum Gasteiger partial charge on any atom is -0.461 e. The van der Waals surface area contributed by atoms with Crippen molar-refractivity contribution in [2.45, 2.75) is 33.8 Å². The van der Waals surface area contributed by atoms with E-state index in [9.17, 15) is 23.2 Å². The number of carbonyl (C=O) groups is 2. The lowest BCUT2D eigenvalue weighted by Crippen LogP contribution is -2.27. The van der Waals surface area contributed by atoms with Gasteiger partial charge in [0.2, 0.25) is 5.91 Å². The van der Waals surface area contributed by atoms with Crippen LogP contribution in [-0.2, 0) is 27.4 Å². The van der Waals surface area contributed by atoms with Crippen LogP contribution in [0.15, 0.2) is 16.9 Å². The Morgan fingerprint density at radius 2 is 1.92 bits per heavy atom. The molecule has 1 aromatic carbocycles. The van der Waals surface area contributed by atoms with Crippen molar-refractivity contribution >= 4 is 22.8 Å². The van der Waals surface area contributed by atoms with Gasteiger partial charge in [0, 0.05) is 25.6 Å². The zero-order valence-electron chi connectivity index (χ0n) is 13.4. The summed E-state index contributed by atoms with van der Waals surface area (Å²) in [4.78, 5) is 34.7. The van der Waals surface area contributed by atoms with Gasteiger partial charge in [-0.15, -0.1) is 0 Å². The molecule has 1 heterocycles. The third-order valence-corrected chi connectivity index (χ3v) is 3.41. The second-order valence-electron chi connectivity index (χ2n) is 5.18. The summed E-state index contributed by atoms with van der Waals surface area (Å²) in [6.45, 7) is 3.54. The van der Waals surface area contributed by atoms with Crippen LogP contribution < -0.4 is 10.9 Å². The third-order valence-electron chi connectivity index (χ3n) is 3.41. The van der Waals surface area contributed by atoms with Gasteiger partial charge in [0.1, 0.15) is 6.61 Å². The first-order valence-corrected chi connectivity index (χ1v) is 7.22. The third kappa shape index (κ3) is 3.27. The Labute approximate surface area is 136 Å². The van der Waals surface area contributed by atoms with E-state index >= 15 is 0 Å². The lowest BCUT2D eigenvalue weighted by molar-refractivity contribution is -0.142. The number of fused-ring (bicyclic) bond motifs is 1. The van der Waals surface area contributed by atoms with Crippen LogP contribution in [0.4, 0.5) is 8.78 Å².